The quantitative estimate of drug-likeness (QED) is 0.632. The summed E-state index contributed by atoms with van der Waals surface area (Å²) in [6.45, 7) is 1.38. The molecular weight excluding hydrogens is 330 g/mol. The number of benzene rings is 2. The molecule has 128 valence electrons. The zero-order chi connectivity index (χ0) is 17.6. The number of amides is 1. The fourth-order valence-electron chi connectivity index (χ4n) is 2.40. The third-order valence-corrected chi connectivity index (χ3v) is 4.83. The van der Waals surface area contributed by atoms with Gasteiger partial charge in [-0.2, -0.15) is 0 Å². The van der Waals surface area contributed by atoms with E-state index in [9.17, 15) is 4.79 Å². The van der Waals surface area contributed by atoms with Crippen molar-refractivity contribution in [2.75, 3.05) is 32.1 Å². The third-order valence-electron chi connectivity index (χ3n) is 3.77. The average Bonchev–Trinajstić information content (AvgIpc) is 3.04. The van der Waals surface area contributed by atoms with Gasteiger partial charge in [-0.15, -0.1) is 0 Å². The molecule has 3 rings (SSSR count). The number of likely N-dealkylation sites (N-methyl/N-ethyl adjacent to an activating group) is 1. The standard InChI is InChI=1S/C20H21N3OS/c1-22(2)14-15-23(19(24)13-12-16-8-4-3-5-9-16)20-21-17-10-6-7-11-18(17)25-20/h3-13H,14-15H2,1-2H3/b13-12+. The second-order valence-corrected chi connectivity index (χ2v) is 7.01. The van der Waals surface area contributed by atoms with E-state index in [2.05, 4.69) is 9.88 Å². The van der Waals surface area contributed by atoms with Crippen molar-refractivity contribution >= 4 is 38.7 Å². The van der Waals surface area contributed by atoms with Crippen molar-refractivity contribution in [3.63, 3.8) is 0 Å². The summed E-state index contributed by atoms with van der Waals surface area (Å²) >= 11 is 1.55. The monoisotopic (exact) mass is 351 g/mol. The molecule has 0 atom stereocenters. The number of rotatable bonds is 6. The van der Waals surface area contributed by atoms with Gasteiger partial charge in [0.15, 0.2) is 5.13 Å². The van der Waals surface area contributed by atoms with Crippen LogP contribution in [0.4, 0.5) is 5.13 Å². The highest BCUT2D eigenvalue weighted by molar-refractivity contribution is 7.22. The number of hydrogen-bond acceptors (Lipinski definition) is 4. The molecule has 1 aromatic heterocycles. The molecule has 1 amide bonds. The Bertz CT molecular complexity index is 838. The summed E-state index contributed by atoms with van der Waals surface area (Å²) in [5.41, 5.74) is 1.94. The second kappa shape index (κ2) is 8.05. The largest absolute Gasteiger partial charge is 0.308 e. The molecule has 0 aliphatic rings. The summed E-state index contributed by atoms with van der Waals surface area (Å²) in [7, 11) is 4.00. The van der Waals surface area contributed by atoms with Crippen molar-refractivity contribution in [1.82, 2.24) is 9.88 Å². The summed E-state index contributed by atoms with van der Waals surface area (Å²) in [4.78, 5) is 21.2. The van der Waals surface area contributed by atoms with E-state index in [1.807, 2.05) is 74.8 Å². The number of thiazole rings is 1. The highest BCUT2D eigenvalue weighted by atomic mass is 32.1. The fourth-order valence-corrected chi connectivity index (χ4v) is 3.39. The van der Waals surface area contributed by atoms with Gasteiger partial charge in [0.05, 0.1) is 10.2 Å². The second-order valence-electron chi connectivity index (χ2n) is 6.00. The molecule has 0 unspecified atom stereocenters. The van der Waals surface area contributed by atoms with Crippen molar-refractivity contribution in [3.05, 3.63) is 66.2 Å². The topological polar surface area (TPSA) is 36.4 Å². The van der Waals surface area contributed by atoms with Gasteiger partial charge >= 0.3 is 0 Å². The molecule has 0 fully saturated rings. The summed E-state index contributed by atoms with van der Waals surface area (Å²) in [6.07, 6.45) is 3.47. The lowest BCUT2D eigenvalue weighted by molar-refractivity contribution is -0.114. The van der Waals surface area contributed by atoms with Gasteiger partial charge in [0, 0.05) is 19.2 Å². The molecule has 0 radical (unpaired) electrons. The molecule has 0 bridgehead atoms. The van der Waals surface area contributed by atoms with Crippen LogP contribution in [-0.4, -0.2) is 43.0 Å². The van der Waals surface area contributed by atoms with Crippen LogP contribution in [0.1, 0.15) is 5.56 Å². The summed E-state index contributed by atoms with van der Waals surface area (Å²) in [5, 5.41) is 0.741. The Labute approximate surface area is 152 Å². The molecule has 0 N–H and O–H groups in total. The molecule has 4 nitrogen and oxygen atoms in total. The lowest BCUT2D eigenvalue weighted by Gasteiger charge is -2.20. The van der Waals surface area contributed by atoms with Gasteiger partial charge < -0.3 is 4.90 Å². The first-order valence-corrected chi connectivity index (χ1v) is 9.00. The highest BCUT2D eigenvalue weighted by Gasteiger charge is 2.17. The van der Waals surface area contributed by atoms with Gasteiger partial charge in [0.2, 0.25) is 0 Å². The molecule has 0 spiro atoms. The van der Waals surface area contributed by atoms with Crippen LogP contribution in [0.3, 0.4) is 0 Å². The van der Waals surface area contributed by atoms with Crippen LogP contribution in [0.25, 0.3) is 16.3 Å². The molecule has 5 heteroatoms. The number of fused-ring (bicyclic) bond motifs is 1. The Hall–Kier alpha value is -2.50. The Balaban J connectivity index is 1.85. The van der Waals surface area contributed by atoms with Crippen molar-refractivity contribution in [3.8, 4) is 0 Å². The van der Waals surface area contributed by atoms with E-state index in [1.54, 1.807) is 22.3 Å². The Morgan fingerprint density at radius 2 is 1.76 bits per heavy atom. The maximum absolute atomic E-state index is 12.8. The fraction of sp³-hybridized carbons (Fsp3) is 0.200. The van der Waals surface area contributed by atoms with E-state index in [0.717, 1.165) is 27.5 Å². The van der Waals surface area contributed by atoms with Crippen molar-refractivity contribution < 1.29 is 4.79 Å². The molecule has 1 heterocycles. The Kier molecular flexibility index (Phi) is 5.58. The van der Waals surface area contributed by atoms with E-state index >= 15 is 0 Å². The molecule has 0 aliphatic carbocycles. The predicted molar refractivity (Wildman–Crippen MR) is 106 cm³/mol. The van der Waals surface area contributed by atoms with E-state index in [4.69, 9.17) is 0 Å². The number of carbonyl (C=O) groups is 1. The van der Waals surface area contributed by atoms with Gasteiger partial charge in [-0.25, -0.2) is 4.98 Å². The van der Waals surface area contributed by atoms with Crippen LogP contribution < -0.4 is 4.90 Å². The summed E-state index contributed by atoms with van der Waals surface area (Å²) < 4.78 is 1.09. The third kappa shape index (κ3) is 4.53. The predicted octanol–water partition coefficient (Wildman–Crippen LogP) is 3.90. The van der Waals surface area contributed by atoms with Crippen LogP contribution in [0.15, 0.2) is 60.7 Å². The Morgan fingerprint density at radius 1 is 1.04 bits per heavy atom. The van der Waals surface area contributed by atoms with Gasteiger partial charge in [0.25, 0.3) is 5.91 Å². The van der Waals surface area contributed by atoms with Crippen LogP contribution in [-0.2, 0) is 4.79 Å². The molecule has 0 saturated carbocycles. The number of carbonyl (C=O) groups excluding carboxylic acids is 1. The zero-order valence-corrected chi connectivity index (χ0v) is 15.2. The SMILES string of the molecule is CN(C)CCN(C(=O)/C=C/c1ccccc1)c1nc2ccccc2s1. The molecule has 0 aliphatic heterocycles. The molecule has 2 aromatic carbocycles. The van der Waals surface area contributed by atoms with Gasteiger partial charge in [0.1, 0.15) is 0 Å². The van der Waals surface area contributed by atoms with Gasteiger partial charge in [-0.05, 0) is 37.9 Å². The minimum Gasteiger partial charge on any atom is -0.308 e. The molecular formula is C20H21N3OS. The first kappa shape index (κ1) is 17.3. The first-order chi connectivity index (χ1) is 12.1. The van der Waals surface area contributed by atoms with Gasteiger partial charge in [-0.3, -0.25) is 9.69 Å². The van der Waals surface area contributed by atoms with E-state index in [1.165, 1.54) is 0 Å². The van der Waals surface area contributed by atoms with Crippen LogP contribution in [0, 0.1) is 0 Å². The number of aromatic nitrogens is 1. The number of anilines is 1. The van der Waals surface area contributed by atoms with Crippen molar-refractivity contribution in [2.24, 2.45) is 0 Å². The highest BCUT2D eigenvalue weighted by Crippen LogP contribution is 2.28. The number of nitrogens with zero attached hydrogens (tertiary/aromatic N) is 3. The molecule has 0 saturated heterocycles. The minimum atomic E-state index is -0.0511. The summed E-state index contributed by atoms with van der Waals surface area (Å²) in [6, 6.07) is 17.8. The zero-order valence-electron chi connectivity index (χ0n) is 14.4. The van der Waals surface area contributed by atoms with Crippen LogP contribution in [0.2, 0.25) is 0 Å². The number of para-hydroxylation sites is 1. The first-order valence-electron chi connectivity index (χ1n) is 8.18. The van der Waals surface area contributed by atoms with Gasteiger partial charge in [-0.1, -0.05) is 53.8 Å². The van der Waals surface area contributed by atoms with Crippen LogP contribution in [0.5, 0.6) is 0 Å². The smallest absolute Gasteiger partial charge is 0.252 e. The van der Waals surface area contributed by atoms with Crippen molar-refractivity contribution in [1.29, 1.82) is 0 Å². The lowest BCUT2D eigenvalue weighted by atomic mass is 10.2. The lowest BCUT2D eigenvalue weighted by Crippen LogP contribution is -2.35. The van der Waals surface area contributed by atoms with Crippen LogP contribution >= 0.6 is 11.3 Å². The molecule has 25 heavy (non-hydrogen) atoms. The maximum Gasteiger partial charge on any atom is 0.252 e. The molecule has 3 aromatic rings. The average molecular weight is 351 g/mol. The maximum atomic E-state index is 12.8. The van der Waals surface area contributed by atoms with E-state index < -0.39 is 0 Å². The van der Waals surface area contributed by atoms with E-state index in [0.29, 0.717) is 6.54 Å². The number of hydrogen-bond donors (Lipinski definition) is 0. The van der Waals surface area contributed by atoms with E-state index in [-0.39, 0.29) is 5.91 Å². The summed E-state index contributed by atoms with van der Waals surface area (Å²) in [5.74, 6) is -0.0511. The normalized spacial score (nSPS) is 11.5. The van der Waals surface area contributed by atoms with Crippen molar-refractivity contribution in [2.45, 2.75) is 0 Å². The minimum absolute atomic E-state index is 0.0511. The Morgan fingerprint density at radius 3 is 2.48 bits per heavy atom.